The van der Waals surface area contributed by atoms with Crippen molar-refractivity contribution in [1.29, 1.82) is 0 Å². The van der Waals surface area contributed by atoms with Crippen LogP contribution in [0.1, 0.15) is 28.1 Å². The number of nitrogens with zero attached hydrogens (tertiary/aromatic N) is 3. The van der Waals surface area contributed by atoms with Crippen LogP contribution in [0, 0.1) is 34.6 Å². The fourth-order valence-corrected chi connectivity index (χ4v) is 2.58. The zero-order chi connectivity index (χ0) is 19.7. The largest absolute Gasteiger partial charge is 0.324 e. The molecule has 1 aromatic carbocycles. The Balaban J connectivity index is 1.87. The lowest BCUT2D eigenvalue weighted by Crippen LogP contribution is -2.23. The van der Waals surface area contributed by atoms with Crippen molar-refractivity contribution in [2.75, 3.05) is 10.6 Å². The van der Waals surface area contributed by atoms with Crippen LogP contribution in [0.4, 0.5) is 16.3 Å². The van der Waals surface area contributed by atoms with Gasteiger partial charge in [-0.25, -0.2) is 9.78 Å². The number of carbonyl (C=O) groups is 1. The second kappa shape index (κ2) is 7.06. The Bertz CT molecular complexity index is 1080. The van der Waals surface area contributed by atoms with E-state index < -0.39 is 6.03 Å². The molecule has 27 heavy (non-hydrogen) atoms. The molecular formula is C19H22N6O2. The summed E-state index contributed by atoms with van der Waals surface area (Å²) in [7, 11) is 0. The Morgan fingerprint density at radius 3 is 2.44 bits per heavy atom. The lowest BCUT2D eigenvalue weighted by atomic mass is 10.1. The van der Waals surface area contributed by atoms with E-state index in [2.05, 4.69) is 25.7 Å². The SMILES string of the molecule is Cc1cc(NC(=O)Nc2ccc(C)c(C)c2)n(-c2nc(C)c(C)c(=O)[nH]2)n1. The molecule has 8 heteroatoms. The maximum Gasteiger partial charge on any atom is 0.324 e. The van der Waals surface area contributed by atoms with Gasteiger partial charge in [-0.3, -0.25) is 15.1 Å². The minimum absolute atomic E-state index is 0.240. The molecule has 0 atom stereocenters. The van der Waals surface area contributed by atoms with E-state index in [0.717, 1.165) is 11.1 Å². The monoisotopic (exact) mass is 366 g/mol. The number of urea groups is 1. The number of aryl methyl sites for hydroxylation is 4. The lowest BCUT2D eigenvalue weighted by Gasteiger charge is -2.11. The molecule has 0 fully saturated rings. The van der Waals surface area contributed by atoms with Crippen LogP contribution in [0.2, 0.25) is 0 Å². The number of aromatic nitrogens is 4. The van der Waals surface area contributed by atoms with E-state index in [0.29, 0.717) is 28.5 Å². The highest BCUT2D eigenvalue weighted by Gasteiger charge is 2.14. The number of aromatic amines is 1. The molecule has 0 unspecified atom stereocenters. The Hall–Kier alpha value is -3.42. The smallest absolute Gasteiger partial charge is 0.308 e. The van der Waals surface area contributed by atoms with Crippen molar-refractivity contribution < 1.29 is 4.79 Å². The second-order valence-corrected chi connectivity index (χ2v) is 6.56. The van der Waals surface area contributed by atoms with Gasteiger partial charge in [0.15, 0.2) is 0 Å². The van der Waals surface area contributed by atoms with Crippen LogP contribution in [0.5, 0.6) is 0 Å². The van der Waals surface area contributed by atoms with Crippen LogP contribution in [0.3, 0.4) is 0 Å². The Labute approximate surface area is 156 Å². The number of nitrogens with one attached hydrogen (secondary N) is 3. The van der Waals surface area contributed by atoms with Gasteiger partial charge >= 0.3 is 6.03 Å². The number of benzene rings is 1. The van der Waals surface area contributed by atoms with E-state index in [9.17, 15) is 9.59 Å². The van der Waals surface area contributed by atoms with E-state index in [1.807, 2.05) is 32.0 Å². The van der Waals surface area contributed by atoms with Gasteiger partial charge in [-0.2, -0.15) is 9.78 Å². The molecule has 0 saturated heterocycles. The minimum Gasteiger partial charge on any atom is -0.308 e. The van der Waals surface area contributed by atoms with Crippen molar-refractivity contribution in [3.05, 3.63) is 62.7 Å². The molecule has 3 aromatic rings. The number of carbonyl (C=O) groups excluding carboxylic acids is 1. The number of hydrogen-bond donors (Lipinski definition) is 3. The zero-order valence-electron chi connectivity index (χ0n) is 16.0. The first-order chi connectivity index (χ1) is 12.7. The number of amides is 2. The summed E-state index contributed by atoms with van der Waals surface area (Å²) in [5, 5.41) is 9.87. The van der Waals surface area contributed by atoms with Gasteiger partial charge in [-0.1, -0.05) is 6.07 Å². The standard InChI is InChI=1S/C19H22N6O2/c1-10-6-7-15(8-11(10)2)21-19(27)22-16-9-12(3)24-25(16)18-20-14(5)13(4)17(26)23-18/h6-9H,1-5H3,(H,20,23,26)(H2,21,22,27). The molecule has 0 radical (unpaired) electrons. The maximum atomic E-state index is 12.4. The summed E-state index contributed by atoms with van der Waals surface area (Å²) in [4.78, 5) is 31.5. The van der Waals surface area contributed by atoms with Crippen LogP contribution in [0.15, 0.2) is 29.1 Å². The van der Waals surface area contributed by atoms with Crippen LogP contribution >= 0.6 is 0 Å². The topological polar surface area (TPSA) is 105 Å². The first kappa shape index (κ1) is 18.4. The molecule has 0 aliphatic heterocycles. The van der Waals surface area contributed by atoms with Crippen molar-refractivity contribution in [3.8, 4) is 5.95 Å². The van der Waals surface area contributed by atoms with E-state index in [-0.39, 0.29) is 11.5 Å². The predicted molar refractivity (Wildman–Crippen MR) is 105 cm³/mol. The highest BCUT2D eigenvalue weighted by atomic mass is 16.2. The van der Waals surface area contributed by atoms with Gasteiger partial charge in [0.1, 0.15) is 5.82 Å². The molecule has 3 N–H and O–H groups in total. The van der Waals surface area contributed by atoms with Gasteiger partial charge in [-0.05, 0) is 57.9 Å². The molecule has 3 rings (SSSR count). The molecule has 2 heterocycles. The summed E-state index contributed by atoms with van der Waals surface area (Å²) in [5.41, 5.74) is 4.52. The maximum absolute atomic E-state index is 12.4. The molecule has 2 aromatic heterocycles. The third kappa shape index (κ3) is 3.89. The first-order valence-corrected chi connectivity index (χ1v) is 8.54. The van der Waals surface area contributed by atoms with Gasteiger partial charge in [0.25, 0.3) is 5.56 Å². The van der Waals surface area contributed by atoms with E-state index in [4.69, 9.17) is 0 Å². The zero-order valence-corrected chi connectivity index (χ0v) is 16.0. The number of hydrogen-bond acceptors (Lipinski definition) is 4. The number of anilines is 2. The molecule has 8 nitrogen and oxygen atoms in total. The summed E-state index contributed by atoms with van der Waals surface area (Å²) in [6.45, 7) is 9.25. The normalized spacial score (nSPS) is 10.7. The molecule has 0 saturated carbocycles. The molecular weight excluding hydrogens is 344 g/mol. The Morgan fingerprint density at radius 2 is 1.78 bits per heavy atom. The lowest BCUT2D eigenvalue weighted by molar-refractivity contribution is 0.262. The summed E-state index contributed by atoms with van der Waals surface area (Å²) < 4.78 is 1.41. The highest BCUT2D eigenvalue weighted by Crippen LogP contribution is 2.17. The summed E-state index contributed by atoms with van der Waals surface area (Å²) in [6.07, 6.45) is 0. The van der Waals surface area contributed by atoms with E-state index >= 15 is 0 Å². The van der Waals surface area contributed by atoms with Crippen molar-refractivity contribution in [2.45, 2.75) is 34.6 Å². The third-order valence-corrected chi connectivity index (χ3v) is 4.42. The first-order valence-electron chi connectivity index (χ1n) is 8.54. The number of rotatable bonds is 3. The average Bonchev–Trinajstić information content (AvgIpc) is 2.95. The summed E-state index contributed by atoms with van der Waals surface area (Å²) in [5.74, 6) is 0.651. The molecule has 0 aliphatic carbocycles. The van der Waals surface area contributed by atoms with Crippen LogP contribution in [-0.2, 0) is 0 Å². The van der Waals surface area contributed by atoms with Gasteiger partial charge in [0.2, 0.25) is 5.95 Å². The average molecular weight is 366 g/mol. The molecule has 0 spiro atoms. The summed E-state index contributed by atoms with van der Waals surface area (Å²) in [6, 6.07) is 6.98. The van der Waals surface area contributed by atoms with Crippen molar-refractivity contribution in [1.82, 2.24) is 19.7 Å². The highest BCUT2D eigenvalue weighted by molar-refractivity contribution is 5.99. The minimum atomic E-state index is -0.411. The molecule has 140 valence electrons. The van der Waals surface area contributed by atoms with Crippen LogP contribution in [0.25, 0.3) is 5.95 Å². The molecule has 0 aliphatic rings. The van der Waals surface area contributed by atoms with Gasteiger partial charge in [0, 0.05) is 23.0 Å². The quantitative estimate of drug-likeness (QED) is 0.662. The molecule has 0 bridgehead atoms. The number of H-pyrrole nitrogens is 1. The van der Waals surface area contributed by atoms with Gasteiger partial charge < -0.3 is 5.32 Å². The van der Waals surface area contributed by atoms with Gasteiger partial charge in [0.05, 0.1) is 5.69 Å². The fraction of sp³-hybridized carbons (Fsp3) is 0.263. The van der Waals surface area contributed by atoms with Crippen LogP contribution in [-0.4, -0.2) is 25.8 Å². The third-order valence-electron chi connectivity index (χ3n) is 4.42. The predicted octanol–water partition coefficient (Wildman–Crippen LogP) is 3.14. The van der Waals surface area contributed by atoms with Crippen molar-refractivity contribution in [3.63, 3.8) is 0 Å². The van der Waals surface area contributed by atoms with Crippen molar-refractivity contribution >= 4 is 17.5 Å². The second-order valence-electron chi connectivity index (χ2n) is 6.56. The van der Waals surface area contributed by atoms with E-state index in [1.165, 1.54) is 4.68 Å². The van der Waals surface area contributed by atoms with Gasteiger partial charge in [-0.15, -0.1) is 0 Å². The van der Waals surface area contributed by atoms with Crippen molar-refractivity contribution in [2.24, 2.45) is 0 Å². The fourth-order valence-electron chi connectivity index (χ4n) is 2.58. The van der Waals surface area contributed by atoms with E-state index in [1.54, 1.807) is 26.8 Å². The molecule has 2 amide bonds. The summed E-state index contributed by atoms with van der Waals surface area (Å²) >= 11 is 0. The Kier molecular flexibility index (Phi) is 4.81. The Morgan fingerprint density at radius 1 is 1.04 bits per heavy atom. The van der Waals surface area contributed by atoms with Crippen LogP contribution < -0.4 is 16.2 Å².